The van der Waals surface area contributed by atoms with Crippen LogP contribution in [0.4, 0.5) is 0 Å². The molecule has 108 valence electrons. The minimum atomic E-state index is -0.578. The number of aromatic nitrogens is 1. The lowest BCUT2D eigenvalue weighted by molar-refractivity contribution is 0.00578. The number of rotatable bonds is 3. The molecule has 4 nitrogen and oxygen atoms in total. The van der Waals surface area contributed by atoms with Crippen molar-refractivity contribution in [2.24, 2.45) is 0 Å². The number of nitrogens with zero attached hydrogens (tertiary/aromatic N) is 1. The number of pyridine rings is 1. The Bertz CT molecular complexity index is 515. The van der Waals surface area contributed by atoms with Gasteiger partial charge in [0.25, 0.3) is 0 Å². The van der Waals surface area contributed by atoms with E-state index < -0.39 is 18.3 Å². The lowest BCUT2D eigenvalue weighted by Crippen LogP contribution is -2.41. The molecule has 0 atom stereocenters. The average molecular weight is 296 g/mol. The highest BCUT2D eigenvalue weighted by Gasteiger charge is 2.52. The predicted molar refractivity (Wildman–Crippen MR) is 80.4 cm³/mol. The van der Waals surface area contributed by atoms with Crippen molar-refractivity contribution in [1.82, 2.24) is 4.98 Å². The summed E-state index contributed by atoms with van der Waals surface area (Å²) in [4.78, 5) is 4.17. The zero-order valence-corrected chi connectivity index (χ0v) is 12.9. The first-order valence-electron chi connectivity index (χ1n) is 6.55. The van der Waals surface area contributed by atoms with Gasteiger partial charge in [0.1, 0.15) is 5.15 Å². The molecule has 1 fully saturated rings. The summed E-state index contributed by atoms with van der Waals surface area (Å²) in [6, 6.07) is 5.32. The molecular formula is C14H19BClNO3. The van der Waals surface area contributed by atoms with Crippen LogP contribution in [0, 0.1) is 0 Å². The van der Waals surface area contributed by atoms with Gasteiger partial charge in [0.15, 0.2) is 0 Å². The Morgan fingerprint density at radius 3 is 2.40 bits per heavy atom. The van der Waals surface area contributed by atoms with Gasteiger partial charge < -0.3 is 14.4 Å². The van der Waals surface area contributed by atoms with E-state index in [1.54, 1.807) is 18.2 Å². The Morgan fingerprint density at radius 1 is 1.30 bits per heavy atom. The van der Waals surface area contributed by atoms with Crippen LogP contribution in [0.1, 0.15) is 33.4 Å². The van der Waals surface area contributed by atoms with Crippen molar-refractivity contribution < 1.29 is 14.4 Å². The SMILES string of the molecule is CC1(C)OB(C(=Cc2cccc(Cl)n2)CO)OC1(C)C. The zero-order chi connectivity index (χ0) is 15.0. The molecule has 0 radical (unpaired) electrons. The van der Waals surface area contributed by atoms with Gasteiger partial charge >= 0.3 is 7.12 Å². The second-order valence-electron chi connectivity index (χ2n) is 5.85. The molecule has 6 heteroatoms. The molecule has 2 heterocycles. The van der Waals surface area contributed by atoms with Gasteiger partial charge in [-0.15, -0.1) is 0 Å². The molecular weight excluding hydrogens is 276 g/mol. The molecule has 0 aliphatic carbocycles. The van der Waals surface area contributed by atoms with Crippen molar-refractivity contribution in [2.75, 3.05) is 6.61 Å². The second-order valence-corrected chi connectivity index (χ2v) is 6.24. The molecule has 1 aliphatic rings. The van der Waals surface area contributed by atoms with Crippen molar-refractivity contribution >= 4 is 24.8 Å². The van der Waals surface area contributed by atoms with E-state index in [1.807, 2.05) is 33.8 Å². The van der Waals surface area contributed by atoms with Crippen LogP contribution in [0.2, 0.25) is 5.15 Å². The molecule has 1 N–H and O–H groups in total. The standard InChI is InChI=1S/C14H19BClNO3/c1-13(2)14(3,4)20-15(19-13)10(9-18)8-11-6-5-7-12(16)17-11/h5-8,18H,9H2,1-4H3. The Hall–Kier alpha value is -0.875. The molecule has 20 heavy (non-hydrogen) atoms. The summed E-state index contributed by atoms with van der Waals surface area (Å²) in [5.74, 6) is 0. The molecule has 0 amide bonds. The Balaban J connectivity index is 2.26. The fourth-order valence-electron chi connectivity index (χ4n) is 1.88. The third-order valence-electron chi connectivity index (χ3n) is 3.81. The van der Waals surface area contributed by atoms with Gasteiger partial charge in [0, 0.05) is 0 Å². The summed E-state index contributed by atoms with van der Waals surface area (Å²) >= 11 is 5.86. The molecule has 0 unspecified atom stereocenters. The summed E-state index contributed by atoms with van der Waals surface area (Å²) < 4.78 is 11.8. The number of aliphatic hydroxyl groups is 1. The maximum atomic E-state index is 9.57. The van der Waals surface area contributed by atoms with Gasteiger partial charge in [-0.1, -0.05) is 17.7 Å². The smallest absolute Gasteiger partial charge is 0.400 e. The molecule has 0 aromatic carbocycles. The maximum absolute atomic E-state index is 9.57. The van der Waals surface area contributed by atoms with E-state index in [9.17, 15) is 5.11 Å². The van der Waals surface area contributed by atoms with Crippen LogP contribution < -0.4 is 0 Å². The third-order valence-corrected chi connectivity index (χ3v) is 4.02. The molecule has 0 spiro atoms. The van der Waals surface area contributed by atoms with Gasteiger partial charge in [0.2, 0.25) is 0 Å². The number of hydrogen-bond donors (Lipinski definition) is 1. The van der Waals surface area contributed by atoms with Crippen molar-refractivity contribution in [3.05, 3.63) is 34.5 Å². The number of aliphatic hydroxyl groups excluding tert-OH is 1. The molecule has 0 saturated carbocycles. The largest absolute Gasteiger partial charge is 0.492 e. The topological polar surface area (TPSA) is 51.6 Å². The maximum Gasteiger partial charge on any atom is 0.492 e. The zero-order valence-electron chi connectivity index (χ0n) is 12.2. The first kappa shape index (κ1) is 15.5. The lowest BCUT2D eigenvalue weighted by Gasteiger charge is -2.32. The van der Waals surface area contributed by atoms with E-state index in [0.717, 1.165) is 0 Å². The van der Waals surface area contributed by atoms with E-state index in [-0.39, 0.29) is 6.61 Å². The predicted octanol–water partition coefficient (Wildman–Crippen LogP) is 2.74. The normalized spacial score (nSPS) is 21.3. The quantitative estimate of drug-likeness (QED) is 0.688. The van der Waals surface area contributed by atoms with Crippen molar-refractivity contribution in [1.29, 1.82) is 0 Å². The minimum absolute atomic E-state index is 0.162. The first-order valence-corrected chi connectivity index (χ1v) is 6.92. The van der Waals surface area contributed by atoms with Crippen LogP contribution in [-0.4, -0.2) is 35.0 Å². The van der Waals surface area contributed by atoms with Gasteiger partial charge in [0.05, 0.1) is 23.5 Å². The van der Waals surface area contributed by atoms with Gasteiger partial charge in [-0.05, 0) is 51.4 Å². The average Bonchev–Trinajstić information content (AvgIpc) is 2.55. The summed E-state index contributed by atoms with van der Waals surface area (Å²) in [6.07, 6.45) is 1.74. The molecule has 1 aromatic heterocycles. The van der Waals surface area contributed by atoms with E-state index in [2.05, 4.69) is 4.98 Å². The first-order chi connectivity index (χ1) is 9.25. The Kier molecular flexibility index (Phi) is 4.26. The highest BCUT2D eigenvalue weighted by Crippen LogP contribution is 2.38. The summed E-state index contributed by atoms with van der Waals surface area (Å²) in [6.45, 7) is 7.73. The second kappa shape index (κ2) is 5.49. The van der Waals surface area contributed by atoms with Crippen LogP contribution in [0.5, 0.6) is 0 Å². The Morgan fingerprint density at radius 2 is 1.90 bits per heavy atom. The third kappa shape index (κ3) is 3.06. The lowest BCUT2D eigenvalue weighted by atomic mass is 9.78. The monoisotopic (exact) mass is 295 g/mol. The summed E-state index contributed by atoms with van der Waals surface area (Å²) in [5, 5.41) is 9.98. The fourth-order valence-corrected chi connectivity index (χ4v) is 2.05. The number of hydrogen-bond acceptors (Lipinski definition) is 4. The van der Waals surface area contributed by atoms with Crippen molar-refractivity contribution in [3.8, 4) is 0 Å². The molecule has 2 rings (SSSR count). The van der Waals surface area contributed by atoms with Crippen LogP contribution in [-0.2, 0) is 9.31 Å². The summed E-state index contributed by atoms with van der Waals surface area (Å²) in [5.41, 5.74) is 0.413. The van der Waals surface area contributed by atoms with Gasteiger partial charge in [-0.25, -0.2) is 4.98 Å². The van der Waals surface area contributed by atoms with E-state index in [0.29, 0.717) is 16.3 Å². The van der Waals surface area contributed by atoms with E-state index in [1.165, 1.54) is 0 Å². The molecule has 1 aromatic rings. The van der Waals surface area contributed by atoms with Gasteiger partial charge in [-0.3, -0.25) is 0 Å². The van der Waals surface area contributed by atoms with Crippen LogP contribution in [0.15, 0.2) is 23.7 Å². The Labute approximate surface area is 124 Å². The number of halogens is 1. The minimum Gasteiger partial charge on any atom is -0.400 e. The molecule has 0 bridgehead atoms. The van der Waals surface area contributed by atoms with E-state index >= 15 is 0 Å². The van der Waals surface area contributed by atoms with Crippen LogP contribution in [0.25, 0.3) is 6.08 Å². The van der Waals surface area contributed by atoms with Crippen LogP contribution >= 0.6 is 11.6 Å². The van der Waals surface area contributed by atoms with Crippen molar-refractivity contribution in [2.45, 2.75) is 38.9 Å². The van der Waals surface area contributed by atoms with Crippen molar-refractivity contribution in [3.63, 3.8) is 0 Å². The van der Waals surface area contributed by atoms with Gasteiger partial charge in [-0.2, -0.15) is 0 Å². The molecule has 1 aliphatic heterocycles. The van der Waals surface area contributed by atoms with E-state index in [4.69, 9.17) is 20.9 Å². The summed E-state index contributed by atoms with van der Waals surface area (Å²) in [7, 11) is -0.578. The van der Waals surface area contributed by atoms with Crippen LogP contribution in [0.3, 0.4) is 0 Å². The highest BCUT2D eigenvalue weighted by atomic mass is 35.5. The fraction of sp³-hybridized carbons (Fsp3) is 0.500. The molecule has 1 saturated heterocycles. The highest BCUT2D eigenvalue weighted by molar-refractivity contribution is 6.55.